The Morgan fingerprint density at radius 2 is 2.15 bits per heavy atom. The van der Waals surface area contributed by atoms with Crippen molar-refractivity contribution in [3.63, 3.8) is 0 Å². The fourth-order valence-corrected chi connectivity index (χ4v) is 3.16. The van der Waals surface area contributed by atoms with Gasteiger partial charge in [-0.15, -0.1) is 0 Å². The zero-order valence-corrected chi connectivity index (χ0v) is 14.0. The van der Waals surface area contributed by atoms with E-state index in [1.807, 2.05) is 18.2 Å². The quantitative estimate of drug-likeness (QED) is 0.558. The van der Waals surface area contributed by atoms with E-state index in [-0.39, 0.29) is 5.97 Å². The van der Waals surface area contributed by atoms with Gasteiger partial charge >= 0.3 is 5.97 Å². The molecule has 0 unspecified atom stereocenters. The number of hydrogen-bond donors (Lipinski definition) is 0. The van der Waals surface area contributed by atoms with Crippen molar-refractivity contribution in [1.29, 1.82) is 0 Å². The van der Waals surface area contributed by atoms with Crippen molar-refractivity contribution in [1.82, 2.24) is 4.98 Å². The van der Waals surface area contributed by atoms with Gasteiger partial charge in [0, 0.05) is 22.5 Å². The van der Waals surface area contributed by atoms with E-state index in [0.717, 1.165) is 19.8 Å². The van der Waals surface area contributed by atoms with Gasteiger partial charge in [0.1, 0.15) is 5.52 Å². The predicted octanol–water partition coefficient (Wildman–Crippen LogP) is 4.09. The minimum absolute atomic E-state index is 0.230. The molecule has 0 N–H and O–H groups in total. The summed E-state index contributed by atoms with van der Waals surface area (Å²) < 4.78 is 12.1. The number of aromatic nitrogens is 1. The molecule has 0 aliphatic carbocycles. The largest absolute Gasteiger partial charge is 0.490 e. The second kappa shape index (κ2) is 7.04. The SMILES string of the molecule is COC(=O)CCCOc1c(Br)cc(Br)c2cccnc12. The standard InChI is InChI=1S/C14H13Br2NO3/c1-19-12(18)5-3-7-20-14-11(16)8-10(15)9-4-2-6-17-13(9)14/h2,4,6,8H,3,5,7H2,1H3. The number of pyridine rings is 1. The molecule has 106 valence electrons. The molecular formula is C14H13Br2NO3. The number of esters is 1. The highest BCUT2D eigenvalue weighted by Gasteiger charge is 2.12. The second-order valence-electron chi connectivity index (χ2n) is 4.10. The molecule has 0 saturated heterocycles. The lowest BCUT2D eigenvalue weighted by atomic mass is 10.2. The van der Waals surface area contributed by atoms with Crippen LogP contribution in [0.25, 0.3) is 10.9 Å². The minimum Gasteiger partial charge on any atom is -0.490 e. The van der Waals surface area contributed by atoms with Crippen LogP contribution >= 0.6 is 31.9 Å². The van der Waals surface area contributed by atoms with Gasteiger partial charge in [-0.1, -0.05) is 22.0 Å². The van der Waals surface area contributed by atoms with Crippen LogP contribution in [0.2, 0.25) is 0 Å². The number of benzene rings is 1. The third-order valence-corrected chi connectivity index (χ3v) is 3.99. The molecule has 0 aliphatic rings. The molecule has 20 heavy (non-hydrogen) atoms. The Kier molecular flexibility index (Phi) is 5.37. The van der Waals surface area contributed by atoms with Crippen LogP contribution in [0.15, 0.2) is 33.3 Å². The third-order valence-electron chi connectivity index (χ3n) is 2.75. The Hall–Kier alpha value is -1.14. The fraction of sp³-hybridized carbons (Fsp3) is 0.286. The van der Waals surface area contributed by atoms with Gasteiger partial charge in [-0.3, -0.25) is 9.78 Å². The second-order valence-corrected chi connectivity index (χ2v) is 5.81. The lowest BCUT2D eigenvalue weighted by Crippen LogP contribution is -2.05. The Morgan fingerprint density at radius 1 is 1.35 bits per heavy atom. The van der Waals surface area contributed by atoms with Crippen LogP contribution in [0.4, 0.5) is 0 Å². The van der Waals surface area contributed by atoms with Crippen LogP contribution in [-0.4, -0.2) is 24.7 Å². The summed E-state index contributed by atoms with van der Waals surface area (Å²) in [5, 5.41) is 0.985. The Bertz CT molecular complexity index is 631. The molecule has 0 fully saturated rings. The average molecular weight is 403 g/mol. The molecule has 1 aromatic carbocycles. The van der Waals surface area contributed by atoms with E-state index in [0.29, 0.717) is 25.2 Å². The highest BCUT2D eigenvalue weighted by atomic mass is 79.9. The summed E-state index contributed by atoms with van der Waals surface area (Å²) in [5.41, 5.74) is 0.784. The van der Waals surface area contributed by atoms with Crippen molar-refractivity contribution in [2.45, 2.75) is 12.8 Å². The van der Waals surface area contributed by atoms with Gasteiger partial charge in [0.2, 0.25) is 0 Å². The maximum atomic E-state index is 11.0. The van der Waals surface area contributed by atoms with Crippen LogP contribution in [0, 0.1) is 0 Å². The van der Waals surface area contributed by atoms with Crippen molar-refractivity contribution in [2.24, 2.45) is 0 Å². The van der Waals surface area contributed by atoms with E-state index >= 15 is 0 Å². The van der Waals surface area contributed by atoms with E-state index in [4.69, 9.17) is 4.74 Å². The highest BCUT2D eigenvalue weighted by molar-refractivity contribution is 9.11. The summed E-state index contributed by atoms with van der Waals surface area (Å²) in [4.78, 5) is 15.4. The molecule has 0 atom stereocenters. The number of halogens is 2. The number of carbonyl (C=O) groups is 1. The first-order valence-electron chi connectivity index (χ1n) is 6.06. The maximum absolute atomic E-state index is 11.0. The third kappa shape index (κ3) is 3.49. The summed E-state index contributed by atoms with van der Waals surface area (Å²) in [5.74, 6) is 0.458. The number of nitrogens with zero attached hydrogens (tertiary/aromatic N) is 1. The summed E-state index contributed by atoms with van der Waals surface area (Å²) in [6.07, 6.45) is 2.67. The van der Waals surface area contributed by atoms with Crippen LogP contribution in [-0.2, 0) is 9.53 Å². The van der Waals surface area contributed by atoms with E-state index in [2.05, 4.69) is 41.6 Å². The molecule has 4 nitrogen and oxygen atoms in total. The molecule has 6 heteroatoms. The summed E-state index contributed by atoms with van der Waals surface area (Å²) in [6, 6.07) is 5.78. The topological polar surface area (TPSA) is 48.4 Å². The first-order chi connectivity index (χ1) is 9.63. The molecule has 1 aromatic heterocycles. The predicted molar refractivity (Wildman–Crippen MR) is 83.9 cm³/mol. The van der Waals surface area contributed by atoms with Crippen molar-refractivity contribution in [2.75, 3.05) is 13.7 Å². The van der Waals surface area contributed by atoms with Crippen LogP contribution in [0.1, 0.15) is 12.8 Å². The van der Waals surface area contributed by atoms with Gasteiger partial charge in [0.15, 0.2) is 5.75 Å². The monoisotopic (exact) mass is 401 g/mol. The molecule has 0 radical (unpaired) electrons. The van der Waals surface area contributed by atoms with Gasteiger partial charge in [-0.2, -0.15) is 0 Å². The van der Waals surface area contributed by atoms with Crippen LogP contribution in [0.5, 0.6) is 5.75 Å². The zero-order chi connectivity index (χ0) is 14.5. The first-order valence-corrected chi connectivity index (χ1v) is 7.64. The Balaban J connectivity index is 2.15. The van der Waals surface area contributed by atoms with Crippen molar-refractivity contribution in [3.8, 4) is 5.75 Å². The first kappa shape index (κ1) is 15.3. The van der Waals surface area contributed by atoms with Gasteiger partial charge < -0.3 is 9.47 Å². The molecule has 0 amide bonds. The molecule has 2 rings (SSSR count). The molecular weight excluding hydrogens is 390 g/mol. The van der Waals surface area contributed by atoms with Crippen molar-refractivity contribution in [3.05, 3.63) is 33.3 Å². The van der Waals surface area contributed by atoms with Gasteiger partial charge in [-0.25, -0.2) is 0 Å². The highest BCUT2D eigenvalue weighted by Crippen LogP contribution is 2.37. The van der Waals surface area contributed by atoms with E-state index < -0.39 is 0 Å². The van der Waals surface area contributed by atoms with Crippen molar-refractivity contribution >= 4 is 48.7 Å². The van der Waals surface area contributed by atoms with Gasteiger partial charge in [0.05, 0.1) is 18.2 Å². The normalized spacial score (nSPS) is 10.6. The smallest absolute Gasteiger partial charge is 0.305 e. The molecule has 0 aliphatic heterocycles. The zero-order valence-electron chi connectivity index (χ0n) is 10.9. The van der Waals surface area contributed by atoms with E-state index in [1.165, 1.54) is 7.11 Å². The molecule has 0 bridgehead atoms. The number of ether oxygens (including phenoxy) is 2. The Morgan fingerprint density at radius 3 is 2.90 bits per heavy atom. The lowest BCUT2D eigenvalue weighted by molar-refractivity contribution is -0.140. The summed E-state index contributed by atoms with van der Waals surface area (Å²) >= 11 is 6.98. The number of carbonyl (C=O) groups excluding carboxylic acids is 1. The molecule has 2 aromatic rings. The van der Waals surface area contributed by atoms with Gasteiger partial charge in [-0.05, 0) is 34.5 Å². The number of hydrogen-bond acceptors (Lipinski definition) is 4. The van der Waals surface area contributed by atoms with Crippen LogP contribution < -0.4 is 4.74 Å². The summed E-state index contributed by atoms with van der Waals surface area (Å²) in [7, 11) is 1.38. The Labute approximate surface area is 133 Å². The number of fused-ring (bicyclic) bond motifs is 1. The van der Waals surface area contributed by atoms with Gasteiger partial charge in [0.25, 0.3) is 0 Å². The number of methoxy groups -OCH3 is 1. The van der Waals surface area contributed by atoms with E-state index in [1.54, 1.807) is 6.20 Å². The molecule has 0 spiro atoms. The fourth-order valence-electron chi connectivity index (χ4n) is 1.78. The van der Waals surface area contributed by atoms with E-state index in [9.17, 15) is 4.79 Å². The average Bonchev–Trinajstić information content (AvgIpc) is 2.46. The maximum Gasteiger partial charge on any atom is 0.305 e. The summed E-state index contributed by atoms with van der Waals surface area (Å²) in [6.45, 7) is 0.432. The molecule has 0 saturated carbocycles. The van der Waals surface area contributed by atoms with Crippen LogP contribution in [0.3, 0.4) is 0 Å². The minimum atomic E-state index is -0.230. The van der Waals surface area contributed by atoms with Crippen molar-refractivity contribution < 1.29 is 14.3 Å². The molecule has 1 heterocycles. The number of rotatable bonds is 5. The lowest BCUT2D eigenvalue weighted by Gasteiger charge is -2.11.